The molecular formula is C7H12N2O+2. The Morgan fingerprint density at radius 2 is 2.60 bits per heavy atom. The second-order valence-corrected chi connectivity index (χ2v) is 2.24. The van der Waals surface area contributed by atoms with Crippen LogP contribution in [0.15, 0.2) is 18.3 Å². The van der Waals surface area contributed by atoms with Crippen molar-refractivity contribution in [3.05, 3.63) is 24.0 Å². The van der Waals surface area contributed by atoms with Gasteiger partial charge in [-0.15, -0.1) is 0 Å². The second-order valence-electron chi connectivity index (χ2n) is 2.24. The van der Waals surface area contributed by atoms with Crippen molar-refractivity contribution in [2.75, 3.05) is 0 Å². The van der Waals surface area contributed by atoms with Crippen LogP contribution in [0.25, 0.3) is 0 Å². The first kappa shape index (κ1) is 7.02. The fourth-order valence-corrected chi connectivity index (χ4v) is 0.752. The van der Waals surface area contributed by atoms with E-state index < -0.39 is 0 Å². The first-order valence-electron chi connectivity index (χ1n) is 3.27. The van der Waals surface area contributed by atoms with Crippen LogP contribution in [-0.4, -0.2) is 15.7 Å². The van der Waals surface area contributed by atoms with E-state index in [1.807, 2.05) is 18.3 Å². The Morgan fingerprint density at radius 3 is 3.10 bits per heavy atom. The zero-order chi connectivity index (χ0) is 7.40. The molecule has 0 unspecified atom stereocenters. The molecule has 1 rings (SSSR count). The molecule has 10 heavy (non-hydrogen) atoms. The number of carbonyl (C=O) groups excluding carboxylic acids is 1. The zero-order valence-corrected chi connectivity index (χ0v) is 5.96. The number of nitrogens with one attached hydrogen (secondary N) is 1. The van der Waals surface area contributed by atoms with Crippen molar-refractivity contribution in [1.82, 2.24) is 4.98 Å². The summed E-state index contributed by atoms with van der Waals surface area (Å²) in [6.45, 7) is 2.44. The van der Waals surface area contributed by atoms with E-state index in [0.29, 0.717) is 5.91 Å². The summed E-state index contributed by atoms with van der Waals surface area (Å²) in [5, 5.41) is 1.77. The van der Waals surface area contributed by atoms with Gasteiger partial charge in [-0.1, -0.05) is 0 Å². The van der Waals surface area contributed by atoms with Crippen molar-refractivity contribution in [2.45, 2.75) is 13.5 Å². The van der Waals surface area contributed by atoms with Gasteiger partial charge in [-0.2, -0.15) is 0 Å². The normalized spacial score (nSPS) is 9.70. The average Bonchev–Trinajstić information content (AvgIpc) is 2.34. The number of aromatic amines is 1. The number of amides is 1. The van der Waals surface area contributed by atoms with Crippen LogP contribution in [-0.2, 0) is 6.54 Å². The Balaban J connectivity index is 2.35. The van der Waals surface area contributed by atoms with Gasteiger partial charge in [-0.05, 0) is 12.1 Å². The molecule has 1 amide bonds. The van der Waals surface area contributed by atoms with E-state index in [4.69, 9.17) is 4.79 Å². The molecular weight excluding hydrogens is 128 g/mol. The van der Waals surface area contributed by atoms with Gasteiger partial charge in [0, 0.05) is 6.20 Å². The molecule has 0 aromatic carbocycles. The predicted octanol–water partition coefficient (Wildman–Crippen LogP) is -0.400. The minimum absolute atomic E-state index is 0.370. The third-order valence-electron chi connectivity index (χ3n) is 1.28. The van der Waals surface area contributed by atoms with Gasteiger partial charge in [-0.3, -0.25) is 0 Å². The summed E-state index contributed by atoms with van der Waals surface area (Å²) in [5.74, 6) is 0.370. The Bertz CT molecular complexity index is 203. The van der Waals surface area contributed by atoms with Gasteiger partial charge in [0.05, 0.1) is 5.69 Å². The molecule has 0 saturated heterocycles. The number of quaternary nitrogens is 1. The number of hydrogen-bond donors (Lipinski definition) is 2. The smallest absolute Gasteiger partial charge is 0.360 e. The highest BCUT2D eigenvalue weighted by molar-refractivity contribution is 5.62. The fraction of sp³-hybridized carbons (Fsp3) is 0.286. The van der Waals surface area contributed by atoms with Crippen LogP contribution in [0, 0.1) is 0 Å². The highest BCUT2D eigenvalue weighted by Crippen LogP contribution is 1.88. The zero-order valence-electron chi connectivity index (χ0n) is 5.96. The molecule has 1 aromatic rings. The standard InChI is InChI=1S/C7H10N2O/c1-6(10)9-5-7-3-2-4-8-7/h2-4,8H,5H2,1H3,(H,9,10)/p+2. The van der Waals surface area contributed by atoms with Crippen LogP contribution in [0.1, 0.15) is 12.6 Å². The van der Waals surface area contributed by atoms with E-state index in [9.17, 15) is 0 Å². The maximum Gasteiger partial charge on any atom is 0.474 e. The topological polar surface area (TPSA) is 53.8 Å². The van der Waals surface area contributed by atoms with Crippen LogP contribution in [0.2, 0.25) is 0 Å². The van der Waals surface area contributed by atoms with Crippen molar-refractivity contribution in [1.29, 1.82) is 0 Å². The quantitative estimate of drug-likeness (QED) is 0.525. The molecule has 1 heterocycles. The lowest BCUT2D eigenvalue weighted by Crippen LogP contribution is -2.85. The van der Waals surface area contributed by atoms with Crippen molar-refractivity contribution in [3.8, 4) is 0 Å². The van der Waals surface area contributed by atoms with Crippen molar-refractivity contribution < 1.29 is 10.1 Å². The summed E-state index contributed by atoms with van der Waals surface area (Å²) in [4.78, 5) is 11.8. The Hall–Kier alpha value is -1.09. The summed E-state index contributed by atoms with van der Waals surface area (Å²) < 4.78 is 0. The minimum atomic E-state index is 0.370. The molecule has 0 spiro atoms. The second kappa shape index (κ2) is 3.17. The van der Waals surface area contributed by atoms with Crippen LogP contribution in [0.3, 0.4) is 0 Å². The Labute approximate surface area is 59.4 Å². The summed E-state index contributed by atoms with van der Waals surface area (Å²) in [6.07, 6.45) is 1.87. The van der Waals surface area contributed by atoms with E-state index >= 15 is 0 Å². The monoisotopic (exact) mass is 140 g/mol. The molecule has 1 aromatic heterocycles. The maximum atomic E-state index is 8.80. The summed E-state index contributed by atoms with van der Waals surface area (Å²) in [6, 6.07) is 3.93. The molecule has 0 aliphatic carbocycles. The lowest BCUT2D eigenvalue weighted by molar-refractivity contribution is -0.564. The van der Waals surface area contributed by atoms with E-state index in [1.165, 1.54) is 0 Å². The van der Waals surface area contributed by atoms with Gasteiger partial charge in [0.15, 0.2) is 0 Å². The number of rotatable bonds is 2. The van der Waals surface area contributed by atoms with Gasteiger partial charge in [-0.25, -0.2) is 10.1 Å². The van der Waals surface area contributed by atoms with Crippen LogP contribution in [0.5, 0.6) is 0 Å². The molecule has 4 N–H and O–H groups in total. The molecule has 0 saturated carbocycles. The highest BCUT2D eigenvalue weighted by atomic mass is 16.1. The van der Waals surface area contributed by atoms with E-state index in [2.05, 4.69) is 4.98 Å². The lowest BCUT2D eigenvalue weighted by Gasteiger charge is -1.88. The molecule has 0 aliphatic rings. The van der Waals surface area contributed by atoms with Crippen LogP contribution < -0.4 is 5.32 Å². The summed E-state index contributed by atoms with van der Waals surface area (Å²) in [7, 11) is 0. The molecule has 0 aliphatic heterocycles. The lowest BCUT2D eigenvalue weighted by atomic mass is 10.4. The average molecular weight is 140 g/mol. The molecule has 0 bridgehead atoms. The number of aromatic nitrogens is 1. The molecule has 0 fully saturated rings. The van der Waals surface area contributed by atoms with Gasteiger partial charge < -0.3 is 4.98 Å². The minimum Gasteiger partial charge on any atom is -0.360 e. The predicted molar refractivity (Wildman–Crippen MR) is 39.0 cm³/mol. The highest BCUT2D eigenvalue weighted by Gasteiger charge is 2.02. The van der Waals surface area contributed by atoms with Crippen LogP contribution in [0.4, 0.5) is 0 Å². The Kier molecular flexibility index (Phi) is 2.23. The van der Waals surface area contributed by atoms with E-state index in [1.54, 1.807) is 12.2 Å². The molecule has 3 nitrogen and oxygen atoms in total. The number of H-pyrrole nitrogens is 1. The van der Waals surface area contributed by atoms with Crippen molar-refractivity contribution >= 4 is 5.91 Å². The largest absolute Gasteiger partial charge is 0.474 e. The van der Waals surface area contributed by atoms with E-state index in [-0.39, 0.29) is 0 Å². The first-order chi connectivity index (χ1) is 4.79. The molecule has 0 radical (unpaired) electrons. The van der Waals surface area contributed by atoms with Gasteiger partial charge >= 0.3 is 5.91 Å². The van der Waals surface area contributed by atoms with Crippen molar-refractivity contribution in [3.63, 3.8) is 0 Å². The maximum absolute atomic E-state index is 8.80. The number of hydrogen-bond acceptors (Lipinski definition) is 0. The van der Waals surface area contributed by atoms with Gasteiger partial charge in [0.2, 0.25) is 0 Å². The summed E-state index contributed by atoms with van der Waals surface area (Å²) >= 11 is 0. The van der Waals surface area contributed by atoms with Crippen molar-refractivity contribution in [2.24, 2.45) is 0 Å². The van der Waals surface area contributed by atoms with Gasteiger partial charge in [0.1, 0.15) is 13.5 Å². The third-order valence-corrected chi connectivity index (χ3v) is 1.28. The first-order valence-corrected chi connectivity index (χ1v) is 3.27. The Morgan fingerprint density at radius 1 is 1.80 bits per heavy atom. The third kappa shape index (κ3) is 2.03. The number of nitrogens with two attached hydrogens (primary N) is 1. The molecule has 54 valence electrons. The van der Waals surface area contributed by atoms with Gasteiger partial charge in [0.25, 0.3) is 0 Å². The van der Waals surface area contributed by atoms with E-state index in [0.717, 1.165) is 12.2 Å². The molecule has 3 heteroatoms. The SMILES string of the molecule is CC(=[OH+])[NH2+]Cc1ccc[nH]1. The number of primary amides is 1. The fourth-order valence-electron chi connectivity index (χ4n) is 0.752. The summed E-state index contributed by atoms with van der Waals surface area (Å²) in [5.41, 5.74) is 1.12. The van der Waals surface area contributed by atoms with Crippen LogP contribution >= 0.6 is 0 Å². The molecule has 0 atom stereocenters.